The van der Waals surface area contributed by atoms with Gasteiger partial charge in [-0.15, -0.1) is 0 Å². The molecule has 0 unspecified atom stereocenters. The van der Waals surface area contributed by atoms with Gasteiger partial charge in [0.25, 0.3) is 0 Å². The average molecular weight is 209 g/mol. The Balaban J connectivity index is 2.14. The predicted octanol–water partition coefficient (Wildman–Crippen LogP) is 2.54. The summed E-state index contributed by atoms with van der Waals surface area (Å²) in [5.74, 6) is 0.440. The Morgan fingerprint density at radius 1 is 1.57 bits per heavy atom. The van der Waals surface area contributed by atoms with Crippen LogP contribution < -0.4 is 4.74 Å². The Morgan fingerprint density at radius 3 is 2.86 bits per heavy atom. The molecule has 0 spiro atoms. The molecule has 0 amide bonds. The molecule has 1 fully saturated rings. The Bertz CT molecular complexity index is 382. The first-order chi connectivity index (χ1) is 6.79. The highest BCUT2D eigenvalue weighted by Crippen LogP contribution is 2.28. The summed E-state index contributed by atoms with van der Waals surface area (Å²) in [5, 5.41) is 9.02. The number of aromatic nitrogens is 1. The number of rotatable bonds is 2. The van der Waals surface area contributed by atoms with Crippen molar-refractivity contribution in [3.63, 3.8) is 0 Å². The maximum absolute atomic E-state index is 8.60. The molecule has 14 heavy (non-hydrogen) atoms. The molecule has 0 saturated heterocycles. The molecule has 4 heteroatoms. The Kier molecular flexibility index (Phi) is 2.55. The van der Waals surface area contributed by atoms with E-state index >= 15 is 0 Å². The first-order valence-electron chi connectivity index (χ1n) is 4.52. The van der Waals surface area contributed by atoms with Crippen LogP contribution in [0.5, 0.6) is 5.88 Å². The second-order valence-corrected chi connectivity index (χ2v) is 3.70. The van der Waals surface area contributed by atoms with Gasteiger partial charge in [-0.2, -0.15) is 5.26 Å². The van der Waals surface area contributed by atoms with E-state index in [-0.39, 0.29) is 6.10 Å². The standard InChI is InChI=1S/C10H9ClN2O/c11-9-4-7(5-12)6-13-10(9)14-8-2-1-3-8/h4,6,8H,1-3H2. The van der Waals surface area contributed by atoms with Crippen LogP contribution in [0.4, 0.5) is 0 Å². The lowest BCUT2D eigenvalue weighted by Crippen LogP contribution is -2.25. The fourth-order valence-corrected chi connectivity index (χ4v) is 1.43. The molecule has 1 aromatic rings. The molecule has 0 bridgehead atoms. The van der Waals surface area contributed by atoms with Gasteiger partial charge in [-0.25, -0.2) is 4.98 Å². The molecule has 0 radical (unpaired) electrons. The largest absolute Gasteiger partial charge is 0.473 e. The van der Waals surface area contributed by atoms with Crippen LogP contribution in [0.2, 0.25) is 5.02 Å². The van der Waals surface area contributed by atoms with Crippen LogP contribution in [0, 0.1) is 11.3 Å². The van der Waals surface area contributed by atoms with Crippen molar-refractivity contribution in [3.8, 4) is 11.9 Å². The van der Waals surface area contributed by atoms with Crippen LogP contribution in [0.3, 0.4) is 0 Å². The van der Waals surface area contributed by atoms with Gasteiger partial charge in [0.05, 0.1) is 5.56 Å². The van der Waals surface area contributed by atoms with Crippen LogP contribution in [0.25, 0.3) is 0 Å². The van der Waals surface area contributed by atoms with E-state index in [4.69, 9.17) is 21.6 Å². The summed E-state index contributed by atoms with van der Waals surface area (Å²) in [6, 6.07) is 3.55. The van der Waals surface area contributed by atoms with E-state index in [0.717, 1.165) is 12.8 Å². The van der Waals surface area contributed by atoms with Gasteiger partial charge in [0.1, 0.15) is 17.2 Å². The summed E-state index contributed by atoms with van der Waals surface area (Å²) >= 11 is 5.89. The normalized spacial score (nSPS) is 15.7. The van der Waals surface area contributed by atoms with Crippen LogP contribution in [0.15, 0.2) is 12.3 Å². The second-order valence-electron chi connectivity index (χ2n) is 3.29. The van der Waals surface area contributed by atoms with Crippen molar-refractivity contribution in [2.75, 3.05) is 0 Å². The van der Waals surface area contributed by atoms with Gasteiger partial charge in [0.15, 0.2) is 0 Å². The number of ether oxygens (including phenoxy) is 1. The Hall–Kier alpha value is -1.27. The molecular formula is C10H9ClN2O. The monoisotopic (exact) mass is 208 g/mol. The molecule has 1 aliphatic rings. The topological polar surface area (TPSA) is 45.9 Å². The lowest BCUT2D eigenvalue weighted by atomic mass is 9.96. The van der Waals surface area contributed by atoms with Crippen molar-refractivity contribution in [1.29, 1.82) is 5.26 Å². The van der Waals surface area contributed by atoms with E-state index in [1.54, 1.807) is 6.07 Å². The number of halogens is 1. The highest BCUT2D eigenvalue weighted by molar-refractivity contribution is 6.31. The summed E-state index contributed by atoms with van der Waals surface area (Å²) in [6.07, 6.45) is 5.07. The minimum atomic E-state index is 0.257. The molecular weight excluding hydrogens is 200 g/mol. The zero-order valence-corrected chi connectivity index (χ0v) is 8.29. The van der Waals surface area contributed by atoms with Gasteiger partial charge >= 0.3 is 0 Å². The summed E-state index contributed by atoms with van der Waals surface area (Å²) < 4.78 is 5.53. The SMILES string of the molecule is N#Cc1cnc(OC2CCC2)c(Cl)c1. The fraction of sp³-hybridized carbons (Fsp3) is 0.400. The lowest BCUT2D eigenvalue weighted by molar-refractivity contribution is 0.115. The molecule has 1 aliphatic carbocycles. The van der Waals surface area contributed by atoms with Gasteiger partial charge in [0, 0.05) is 6.20 Å². The number of nitrogens with zero attached hydrogens (tertiary/aromatic N) is 2. The summed E-state index contributed by atoms with van der Waals surface area (Å²) in [5.41, 5.74) is 0.455. The first-order valence-corrected chi connectivity index (χ1v) is 4.89. The summed E-state index contributed by atoms with van der Waals surface area (Å²) in [4.78, 5) is 3.99. The van der Waals surface area contributed by atoms with E-state index < -0.39 is 0 Å². The van der Waals surface area contributed by atoms with Gasteiger partial charge in [-0.05, 0) is 25.3 Å². The third-order valence-corrected chi connectivity index (χ3v) is 2.54. The molecule has 2 rings (SSSR count). The molecule has 1 aromatic heterocycles. The van der Waals surface area contributed by atoms with Crippen molar-refractivity contribution in [3.05, 3.63) is 22.8 Å². The third kappa shape index (κ3) is 1.80. The molecule has 0 aromatic carbocycles. The number of nitriles is 1. The quantitative estimate of drug-likeness (QED) is 0.750. The maximum atomic E-state index is 8.60. The summed E-state index contributed by atoms with van der Waals surface area (Å²) in [6.45, 7) is 0. The fourth-order valence-electron chi connectivity index (χ4n) is 1.22. The van der Waals surface area contributed by atoms with Crippen molar-refractivity contribution >= 4 is 11.6 Å². The zero-order valence-electron chi connectivity index (χ0n) is 7.53. The second kappa shape index (κ2) is 3.85. The average Bonchev–Trinajstić information content (AvgIpc) is 2.13. The van der Waals surface area contributed by atoms with Crippen molar-refractivity contribution in [1.82, 2.24) is 4.98 Å². The number of hydrogen-bond donors (Lipinski definition) is 0. The lowest BCUT2D eigenvalue weighted by Gasteiger charge is -2.25. The van der Waals surface area contributed by atoms with Crippen LogP contribution in [0.1, 0.15) is 24.8 Å². The molecule has 1 heterocycles. The van der Waals surface area contributed by atoms with Gasteiger partial charge < -0.3 is 4.74 Å². The van der Waals surface area contributed by atoms with Gasteiger partial charge in [-0.1, -0.05) is 11.6 Å². The maximum Gasteiger partial charge on any atom is 0.232 e. The molecule has 0 aliphatic heterocycles. The molecule has 3 nitrogen and oxygen atoms in total. The number of pyridine rings is 1. The minimum absolute atomic E-state index is 0.257. The van der Waals surface area contributed by atoms with Gasteiger partial charge in [-0.3, -0.25) is 0 Å². The number of hydrogen-bond acceptors (Lipinski definition) is 3. The van der Waals surface area contributed by atoms with Crippen molar-refractivity contribution in [2.45, 2.75) is 25.4 Å². The Morgan fingerprint density at radius 2 is 2.36 bits per heavy atom. The van der Waals surface area contributed by atoms with Gasteiger partial charge in [0.2, 0.25) is 5.88 Å². The highest BCUT2D eigenvalue weighted by atomic mass is 35.5. The molecule has 0 atom stereocenters. The van der Waals surface area contributed by atoms with Crippen molar-refractivity contribution < 1.29 is 4.74 Å². The van der Waals surface area contributed by atoms with Crippen molar-refractivity contribution in [2.24, 2.45) is 0 Å². The first kappa shape index (κ1) is 9.29. The summed E-state index contributed by atoms with van der Waals surface area (Å²) in [7, 11) is 0. The predicted molar refractivity (Wildman–Crippen MR) is 52.2 cm³/mol. The van der Waals surface area contributed by atoms with E-state index in [1.165, 1.54) is 12.6 Å². The Labute approximate surface area is 87.3 Å². The zero-order chi connectivity index (χ0) is 9.97. The molecule has 1 saturated carbocycles. The van der Waals surface area contributed by atoms with E-state index in [1.807, 2.05) is 6.07 Å². The van der Waals surface area contributed by atoms with E-state index in [9.17, 15) is 0 Å². The third-order valence-electron chi connectivity index (χ3n) is 2.27. The smallest absolute Gasteiger partial charge is 0.232 e. The van der Waals surface area contributed by atoms with Crippen LogP contribution >= 0.6 is 11.6 Å². The minimum Gasteiger partial charge on any atom is -0.473 e. The van der Waals surface area contributed by atoms with E-state index in [2.05, 4.69) is 4.98 Å². The van der Waals surface area contributed by atoms with Crippen LogP contribution in [-0.2, 0) is 0 Å². The molecule has 72 valence electrons. The van der Waals surface area contributed by atoms with Crippen LogP contribution in [-0.4, -0.2) is 11.1 Å². The van der Waals surface area contributed by atoms with E-state index in [0.29, 0.717) is 16.5 Å². The molecule has 0 N–H and O–H groups in total. The highest BCUT2D eigenvalue weighted by Gasteiger charge is 2.20.